The molecule has 16 heavy (non-hydrogen) atoms. The Labute approximate surface area is 99.8 Å². The minimum atomic E-state index is 0.593. The zero-order chi connectivity index (χ0) is 12.0. The van der Waals surface area contributed by atoms with Crippen molar-refractivity contribution in [1.82, 2.24) is 0 Å². The maximum Gasteiger partial charge on any atom is 0.122 e. The van der Waals surface area contributed by atoms with Crippen LogP contribution in [0.1, 0.15) is 57.6 Å². The van der Waals surface area contributed by atoms with E-state index in [1.165, 1.54) is 24.0 Å². The number of rotatable bonds is 1. The highest BCUT2D eigenvalue weighted by Gasteiger charge is 2.11. The molecule has 1 aromatic carbocycles. The van der Waals surface area contributed by atoms with Crippen LogP contribution in [0.3, 0.4) is 0 Å². The molecule has 0 aliphatic carbocycles. The third-order valence-electron chi connectivity index (χ3n) is 2.61. The Morgan fingerprint density at radius 3 is 2.56 bits per heavy atom. The fourth-order valence-corrected chi connectivity index (χ4v) is 1.72. The molecule has 0 saturated carbocycles. The topological polar surface area (TPSA) is 9.23 Å². The van der Waals surface area contributed by atoms with Gasteiger partial charge in [-0.2, -0.15) is 0 Å². The summed E-state index contributed by atoms with van der Waals surface area (Å²) in [5.74, 6) is 1.70. The zero-order valence-electron chi connectivity index (χ0n) is 11.0. The van der Waals surface area contributed by atoms with Crippen molar-refractivity contribution in [3.63, 3.8) is 0 Å². The molecule has 0 N–H and O–H groups in total. The van der Waals surface area contributed by atoms with Gasteiger partial charge in [0.05, 0.1) is 6.61 Å². The van der Waals surface area contributed by atoms with Gasteiger partial charge in [0.1, 0.15) is 5.75 Å². The molecule has 1 nitrogen and oxygen atoms in total. The lowest BCUT2D eigenvalue weighted by molar-refractivity contribution is 0.288. The number of aryl methyl sites for hydroxylation is 1. The molecule has 0 radical (unpaired) electrons. The van der Waals surface area contributed by atoms with Gasteiger partial charge in [-0.15, -0.1) is 0 Å². The number of hydrogen-bond donors (Lipinski definition) is 0. The van der Waals surface area contributed by atoms with Gasteiger partial charge in [-0.1, -0.05) is 46.2 Å². The van der Waals surface area contributed by atoms with Crippen molar-refractivity contribution in [2.24, 2.45) is 0 Å². The van der Waals surface area contributed by atoms with E-state index in [0.29, 0.717) is 5.92 Å². The predicted molar refractivity (Wildman–Crippen MR) is 70.3 cm³/mol. The molecule has 0 atom stereocenters. The lowest BCUT2D eigenvalue weighted by atomic mass is 9.98. The largest absolute Gasteiger partial charge is 0.493 e. The summed E-state index contributed by atoms with van der Waals surface area (Å²) in [6.45, 7) is 9.56. The summed E-state index contributed by atoms with van der Waals surface area (Å²) in [6.07, 6.45) is 3.59. The van der Waals surface area contributed by atoms with Crippen LogP contribution in [0.2, 0.25) is 0 Å². The first kappa shape index (κ1) is 13.1. The maximum atomic E-state index is 5.61. The molecule has 0 spiro atoms. The van der Waals surface area contributed by atoms with E-state index in [0.717, 1.165) is 18.8 Å². The second-order valence-corrected chi connectivity index (χ2v) is 4.68. The minimum Gasteiger partial charge on any atom is -0.493 e. The molecule has 1 heteroatoms. The van der Waals surface area contributed by atoms with Crippen molar-refractivity contribution in [2.45, 2.75) is 52.9 Å². The van der Waals surface area contributed by atoms with E-state index in [2.05, 4.69) is 45.9 Å². The van der Waals surface area contributed by atoms with Crippen molar-refractivity contribution in [3.05, 3.63) is 29.3 Å². The van der Waals surface area contributed by atoms with Crippen LogP contribution in [0.5, 0.6) is 5.75 Å². The average Bonchev–Trinajstić information content (AvgIpc) is 2.29. The Hall–Kier alpha value is -0.980. The first-order chi connectivity index (χ1) is 7.69. The molecule has 0 amide bonds. The highest BCUT2D eigenvalue weighted by Crippen LogP contribution is 2.28. The lowest BCUT2D eigenvalue weighted by Gasteiger charge is -2.18. The molecule has 1 aliphatic heterocycles. The average molecular weight is 220 g/mol. The van der Waals surface area contributed by atoms with Gasteiger partial charge in [0.2, 0.25) is 0 Å². The van der Waals surface area contributed by atoms with Gasteiger partial charge in [0.15, 0.2) is 0 Å². The van der Waals surface area contributed by atoms with Crippen LogP contribution in [-0.2, 0) is 6.42 Å². The second-order valence-electron chi connectivity index (χ2n) is 4.68. The van der Waals surface area contributed by atoms with Crippen LogP contribution in [0.4, 0.5) is 0 Å². The summed E-state index contributed by atoms with van der Waals surface area (Å²) in [6, 6.07) is 6.63. The van der Waals surface area contributed by atoms with Crippen LogP contribution < -0.4 is 4.74 Å². The molecular weight excluding hydrogens is 196 g/mol. The van der Waals surface area contributed by atoms with E-state index < -0.39 is 0 Å². The van der Waals surface area contributed by atoms with Crippen molar-refractivity contribution in [1.29, 1.82) is 0 Å². The molecule has 0 saturated heterocycles. The molecule has 0 fully saturated rings. The summed E-state index contributed by atoms with van der Waals surface area (Å²) in [5, 5.41) is 0. The van der Waals surface area contributed by atoms with E-state index in [-0.39, 0.29) is 0 Å². The quantitative estimate of drug-likeness (QED) is 0.674. The highest BCUT2D eigenvalue weighted by molar-refractivity contribution is 5.39. The molecule has 90 valence electrons. The number of fused-ring (bicyclic) bond motifs is 1. The monoisotopic (exact) mass is 220 g/mol. The molecule has 0 aromatic heterocycles. The highest BCUT2D eigenvalue weighted by atomic mass is 16.5. The van der Waals surface area contributed by atoms with Crippen LogP contribution in [0.25, 0.3) is 0 Å². The zero-order valence-corrected chi connectivity index (χ0v) is 11.0. The van der Waals surface area contributed by atoms with E-state index in [9.17, 15) is 0 Å². The van der Waals surface area contributed by atoms with E-state index >= 15 is 0 Å². The van der Waals surface area contributed by atoms with Crippen LogP contribution in [-0.4, -0.2) is 6.61 Å². The van der Waals surface area contributed by atoms with Crippen molar-refractivity contribution < 1.29 is 4.74 Å². The molecule has 2 rings (SSSR count). The van der Waals surface area contributed by atoms with Crippen molar-refractivity contribution in [3.8, 4) is 5.75 Å². The van der Waals surface area contributed by atoms with Gasteiger partial charge < -0.3 is 4.74 Å². The van der Waals surface area contributed by atoms with Crippen molar-refractivity contribution in [2.75, 3.05) is 6.61 Å². The Morgan fingerprint density at radius 2 is 1.94 bits per heavy atom. The molecule has 1 aromatic rings. The van der Waals surface area contributed by atoms with Gasteiger partial charge in [-0.3, -0.25) is 0 Å². The van der Waals surface area contributed by atoms with Crippen LogP contribution >= 0.6 is 0 Å². The third kappa shape index (κ3) is 3.55. The van der Waals surface area contributed by atoms with Gasteiger partial charge in [0, 0.05) is 0 Å². The molecule has 0 unspecified atom stereocenters. The Kier molecular flexibility index (Phi) is 5.37. The summed E-state index contributed by atoms with van der Waals surface area (Å²) in [4.78, 5) is 0. The van der Waals surface area contributed by atoms with E-state index in [4.69, 9.17) is 4.74 Å². The fourth-order valence-electron chi connectivity index (χ4n) is 1.72. The lowest BCUT2D eigenvalue weighted by Crippen LogP contribution is -2.08. The van der Waals surface area contributed by atoms with Gasteiger partial charge >= 0.3 is 0 Å². The predicted octanol–water partition coefficient (Wildman–Crippen LogP) is 4.55. The molecular formula is C15H24O. The van der Waals surface area contributed by atoms with Crippen LogP contribution in [0, 0.1) is 0 Å². The van der Waals surface area contributed by atoms with E-state index in [1.807, 2.05) is 0 Å². The van der Waals surface area contributed by atoms with Gasteiger partial charge in [0.25, 0.3) is 0 Å². The third-order valence-corrected chi connectivity index (χ3v) is 2.61. The second kappa shape index (κ2) is 6.57. The molecule has 1 heterocycles. The standard InChI is InChI=1S/C12H16O.C3H8/c1-9(2)11-6-5-10-4-3-7-13-12(10)8-11;1-3-2/h5-6,8-9H,3-4,7H2,1-2H3;3H2,1-2H3. The summed E-state index contributed by atoms with van der Waals surface area (Å²) in [5.41, 5.74) is 2.75. The first-order valence-electron chi connectivity index (χ1n) is 6.44. The van der Waals surface area contributed by atoms with E-state index in [1.54, 1.807) is 0 Å². The van der Waals surface area contributed by atoms with Gasteiger partial charge in [-0.05, 0) is 36.0 Å². The Balaban J connectivity index is 0.000000386. The molecule has 1 aliphatic rings. The Bertz CT molecular complexity index is 315. The normalized spacial score (nSPS) is 13.6. The Morgan fingerprint density at radius 1 is 1.25 bits per heavy atom. The smallest absolute Gasteiger partial charge is 0.122 e. The number of benzene rings is 1. The fraction of sp³-hybridized carbons (Fsp3) is 0.600. The summed E-state index contributed by atoms with van der Waals surface area (Å²) in [7, 11) is 0. The summed E-state index contributed by atoms with van der Waals surface area (Å²) < 4.78 is 5.61. The number of ether oxygens (including phenoxy) is 1. The number of hydrogen-bond acceptors (Lipinski definition) is 1. The first-order valence-corrected chi connectivity index (χ1v) is 6.44. The maximum absolute atomic E-state index is 5.61. The minimum absolute atomic E-state index is 0.593. The van der Waals surface area contributed by atoms with Gasteiger partial charge in [-0.25, -0.2) is 0 Å². The van der Waals surface area contributed by atoms with Crippen molar-refractivity contribution >= 4 is 0 Å². The SMILES string of the molecule is CC(C)c1ccc2c(c1)OCCC2.CCC. The van der Waals surface area contributed by atoms with Crippen LogP contribution in [0.15, 0.2) is 18.2 Å². The molecule has 0 bridgehead atoms. The summed E-state index contributed by atoms with van der Waals surface area (Å²) >= 11 is 0.